The van der Waals surface area contributed by atoms with Gasteiger partial charge in [0.1, 0.15) is 11.5 Å². The molecule has 2 saturated carbocycles. The first-order chi connectivity index (χ1) is 18.7. The fourth-order valence-electron chi connectivity index (χ4n) is 6.13. The van der Waals surface area contributed by atoms with E-state index in [1.165, 1.54) is 75.0 Å². The number of rotatable bonds is 6. The Morgan fingerprint density at radius 1 is 0.513 bits per heavy atom. The van der Waals surface area contributed by atoms with E-state index in [2.05, 4.69) is 34.9 Å². The van der Waals surface area contributed by atoms with Crippen LogP contribution in [-0.4, -0.2) is 22.3 Å². The Morgan fingerprint density at radius 3 is 1.31 bits per heavy atom. The van der Waals surface area contributed by atoms with Gasteiger partial charge in [0.05, 0.1) is 0 Å². The molecule has 0 bridgehead atoms. The summed E-state index contributed by atoms with van der Waals surface area (Å²) in [6.07, 6.45) is 13.2. The summed E-state index contributed by atoms with van der Waals surface area (Å²) in [4.78, 5) is 0. The van der Waals surface area contributed by atoms with Crippen molar-refractivity contribution in [2.24, 2.45) is 0 Å². The van der Waals surface area contributed by atoms with Gasteiger partial charge in [-0.25, -0.2) is 0 Å². The minimum atomic E-state index is 0. The van der Waals surface area contributed by atoms with Crippen molar-refractivity contribution in [3.63, 3.8) is 0 Å². The minimum absolute atomic E-state index is 0. The summed E-state index contributed by atoms with van der Waals surface area (Å²) in [5.41, 5.74) is 2.06. The van der Waals surface area contributed by atoms with Crippen LogP contribution >= 0.6 is 0 Å². The molecule has 0 saturated heterocycles. The van der Waals surface area contributed by atoms with Crippen molar-refractivity contribution < 1.29 is 29.7 Å². The molecule has 0 amide bonds. The maximum absolute atomic E-state index is 10.1. The summed E-state index contributed by atoms with van der Waals surface area (Å²) in [6.45, 7) is 1.52. The van der Waals surface area contributed by atoms with Crippen LogP contribution in [0.15, 0.2) is 72.8 Å². The van der Waals surface area contributed by atoms with Gasteiger partial charge in [0, 0.05) is 55.8 Å². The second-order valence-electron chi connectivity index (χ2n) is 11.0. The monoisotopic (exact) mass is 574 g/mol. The summed E-state index contributed by atoms with van der Waals surface area (Å²) >= 11 is 0. The van der Waals surface area contributed by atoms with Gasteiger partial charge in [-0.2, -0.15) is 0 Å². The molecule has 5 heteroatoms. The van der Waals surface area contributed by atoms with Gasteiger partial charge in [-0.15, -0.1) is 0 Å². The Labute approximate surface area is 246 Å². The number of phenolic OH excluding ortho intramolecular Hbond substituents is 2. The van der Waals surface area contributed by atoms with Gasteiger partial charge in [0.2, 0.25) is 0 Å². The van der Waals surface area contributed by atoms with Crippen LogP contribution in [0.1, 0.15) is 75.3 Å². The van der Waals surface area contributed by atoms with Crippen LogP contribution in [0.2, 0.25) is 0 Å². The quantitative estimate of drug-likeness (QED) is 0.176. The van der Waals surface area contributed by atoms with Gasteiger partial charge in [0.15, 0.2) is 0 Å². The minimum Gasteiger partial charge on any atom is -0.508 e. The Bertz CT molecular complexity index is 1230. The fourth-order valence-corrected chi connectivity index (χ4v) is 6.13. The molecule has 6 rings (SSSR count). The van der Waals surface area contributed by atoms with Gasteiger partial charge in [-0.3, -0.25) is 0 Å². The summed E-state index contributed by atoms with van der Waals surface area (Å²) in [6, 6.07) is 25.3. The van der Waals surface area contributed by atoms with E-state index in [1.807, 2.05) is 36.4 Å². The van der Waals surface area contributed by atoms with Crippen LogP contribution in [-0.2, 0) is 32.6 Å². The average molecular weight is 576 g/mol. The van der Waals surface area contributed by atoms with Gasteiger partial charge < -0.3 is 20.8 Å². The molecule has 4 nitrogen and oxygen atoms in total. The predicted molar refractivity (Wildman–Crippen MR) is 159 cm³/mol. The summed E-state index contributed by atoms with van der Waals surface area (Å²) in [5, 5.41) is 32.1. The Morgan fingerprint density at radius 2 is 0.897 bits per heavy atom. The number of hydrogen-bond acceptors (Lipinski definition) is 4. The molecular formula is C34H42N2O2Zn. The predicted octanol–water partition coefficient (Wildman–Crippen LogP) is 7.93. The molecule has 0 unspecified atom stereocenters. The maximum atomic E-state index is 10.1. The third-order valence-electron chi connectivity index (χ3n) is 8.38. The van der Waals surface area contributed by atoms with Crippen molar-refractivity contribution in [1.29, 1.82) is 0 Å². The Kier molecular flexibility index (Phi) is 11.2. The molecule has 4 aromatic carbocycles. The van der Waals surface area contributed by atoms with Crippen LogP contribution in [0.3, 0.4) is 0 Å². The average Bonchev–Trinajstić information content (AvgIpc) is 2.97. The van der Waals surface area contributed by atoms with Crippen LogP contribution < -0.4 is 10.6 Å². The summed E-state index contributed by atoms with van der Waals surface area (Å²) in [5.74, 6) is 0.809. The molecule has 4 aromatic rings. The standard InChI is InChI=1S/2C17H21NO.Zn/c2*19-17-11-10-13-6-4-5-9-15(13)16(17)12-18-14-7-2-1-3-8-14;/h2*4-6,9-11,14,18-19H,1-3,7-8,12H2;. The van der Waals surface area contributed by atoms with E-state index in [4.69, 9.17) is 0 Å². The molecule has 0 atom stereocenters. The topological polar surface area (TPSA) is 64.5 Å². The number of fused-ring (bicyclic) bond motifs is 2. The molecule has 0 radical (unpaired) electrons. The number of hydrogen-bond donors (Lipinski definition) is 4. The second kappa shape index (κ2) is 14.8. The normalized spacial score (nSPS) is 16.4. The maximum Gasteiger partial charge on any atom is 0.120 e. The third kappa shape index (κ3) is 7.81. The van der Waals surface area contributed by atoms with E-state index in [1.54, 1.807) is 12.1 Å². The molecule has 0 heterocycles. The molecule has 4 N–H and O–H groups in total. The zero-order valence-corrected chi connectivity index (χ0v) is 26.1. The molecule has 0 spiro atoms. The molecule has 202 valence electrons. The molecule has 2 fully saturated rings. The number of aromatic hydroxyl groups is 2. The number of benzene rings is 4. The molecule has 0 aliphatic heterocycles. The van der Waals surface area contributed by atoms with Crippen molar-refractivity contribution >= 4 is 21.5 Å². The molecule has 2 aliphatic rings. The smallest absolute Gasteiger partial charge is 0.120 e. The zero-order chi connectivity index (χ0) is 26.2. The van der Waals surface area contributed by atoms with Crippen molar-refractivity contribution in [2.45, 2.75) is 89.4 Å². The first kappa shape index (κ1) is 29.5. The molecule has 39 heavy (non-hydrogen) atoms. The Balaban J connectivity index is 0.000000176. The van der Waals surface area contributed by atoms with E-state index in [0.717, 1.165) is 35.0 Å². The van der Waals surface area contributed by atoms with Gasteiger partial charge in [0.25, 0.3) is 0 Å². The SMILES string of the molecule is Oc1ccc2ccccc2c1CNC1CCCCC1.Oc1ccc2ccccc2c1CNC1CCCCC1.[Zn]. The zero-order valence-electron chi connectivity index (χ0n) is 23.2. The van der Waals surface area contributed by atoms with Crippen LogP contribution in [0, 0.1) is 0 Å². The van der Waals surface area contributed by atoms with Gasteiger partial charge in [-0.05, 0) is 59.4 Å². The third-order valence-corrected chi connectivity index (χ3v) is 8.38. The first-order valence-corrected chi connectivity index (χ1v) is 14.5. The number of phenols is 2. The number of nitrogens with one attached hydrogen (secondary N) is 2. The largest absolute Gasteiger partial charge is 0.508 e. The second-order valence-corrected chi connectivity index (χ2v) is 11.0. The van der Waals surface area contributed by atoms with Gasteiger partial charge >= 0.3 is 0 Å². The van der Waals surface area contributed by atoms with E-state index in [-0.39, 0.29) is 19.5 Å². The van der Waals surface area contributed by atoms with E-state index in [9.17, 15) is 10.2 Å². The van der Waals surface area contributed by atoms with Crippen LogP contribution in [0.5, 0.6) is 11.5 Å². The van der Waals surface area contributed by atoms with E-state index < -0.39 is 0 Å². The van der Waals surface area contributed by atoms with Crippen molar-refractivity contribution in [1.82, 2.24) is 10.6 Å². The summed E-state index contributed by atoms with van der Waals surface area (Å²) in [7, 11) is 0. The van der Waals surface area contributed by atoms with Crippen LogP contribution in [0.25, 0.3) is 21.5 Å². The van der Waals surface area contributed by atoms with Gasteiger partial charge in [-0.1, -0.05) is 99.2 Å². The summed E-state index contributed by atoms with van der Waals surface area (Å²) < 4.78 is 0. The van der Waals surface area contributed by atoms with Crippen molar-refractivity contribution in [2.75, 3.05) is 0 Å². The van der Waals surface area contributed by atoms with Crippen LogP contribution in [0.4, 0.5) is 0 Å². The molecule has 0 aromatic heterocycles. The Hall–Kier alpha value is -2.46. The first-order valence-electron chi connectivity index (χ1n) is 14.5. The van der Waals surface area contributed by atoms with Crippen molar-refractivity contribution in [3.05, 3.63) is 83.9 Å². The fraction of sp³-hybridized carbons (Fsp3) is 0.412. The molecule has 2 aliphatic carbocycles. The molecular weight excluding hydrogens is 534 g/mol. The van der Waals surface area contributed by atoms with Crippen molar-refractivity contribution in [3.8, 4) is 11.5 Å². The van der Waals surface area contributed by atoms with E-state index in [0.29, 0.717) is 23.6 Å². The van der Waals surface area contributed by atoms with E-state index >= 15 is 0 Å².